The Balaban J connectivity index is 1.65. The Hall–Kier alpha value is -1.66. The van der Waals surface area contributed by atoms with Gasteiger partial charge in [0.2, 0.25) is 10.0 Å². The first-order valence-corrected chi connectivity index (χ1v) is 9.30. The number of carbonyl (C=O) groups excluding carboxylic acids is 1. The van der Waals surface area contributed by atoms with Crippen LogP contribution in [0.4, 0.5) is 0 Å². The fraction of sp³-hybridized carbons (Fsp3) is 0.471. The van der Waals surface area contributed by atoms with Gasteiger partial charge in [-0.3, -0.25) is 4.79 Å². The Morgan fingerprint density at radius 1 is 1.30 bits per heavy atom. The molecule has 1 heterocycles. The summed E-state index contributed by atoms with van der Waals surface area (Å²) in [7, 11) is -3.48. The first-order valence-electron chi connectivity index (χ1n) is 7.86. The lowest BCUT2D eigenvalue weighted by molar-refractivity contribution is -0.144. The van der Waals surface area contributed by atoms with Gasteiger partial charge in [0.15, 0.2) is 0 Å². The van der Waals surface area contributed by atoms with Gasteiger partial charge in [-0.1, -0.05) is 29.3 Å². The lowest BCUT2D eigenvalue weighted by atomic mass is 10.1. The zero-order valence-corrected chi connectivity index (χ0v) is 14.2. The maximum absolute atomic E-state index is 12.7. The van der Waals surface area contributed by atoms with E-state index in [4.69, 9.17) is 4.74 Å². The number of hydrogen-bond donors (Lipinski definition) is 0. The van der Waals surface area contributed by atoms with Crippen molar-refractivity contribution < 1.29 is 17.9 Å². The number of rotatable bonds is 5. The van der Waals surface area contributed by atoms with Crippen LogP contribution in [0.15, 0.2) is 40.8 Å². The summed E-state index contributed by atoms with van der Waals surface area (Å²) in [5.41, 5.74) is 2.07. The molecule has 0 saturated heterocycles. The van der Waals surface area contributed by atoms with Gasteiger partial charge in [0.25, 0.3) is 0 Å². The summed E-state index contributed by atoms with van der Waals surface area (Å²) in [6.07, 6.45) is 2.71. The number of hydrogen-bond acceptors (Lipinski definition) is 4. The minimum Gasteiger partial charge on any atom is -0.466 e. The van der Waals surface area contributed by atoms with Crippen LogP contribution in [0.3, 0.4) is 0 Å². The summed E-state index contributed by atoms with van der Waals surface area (Å²) in [6.45, 7) is 4.85. The summed E-state index contributed by atoms with van der Waals surface area (Å²) >= 11 is 0. The number of aryl methyl sites for hydroxylation is 1. The van der Waals surface area contributed by atoms with Gasteiger partial charge in [-0.25, -0.2) is 8.42 Å². The second-order valence-electron chi connectivity index (χ2n) is 6.09. The minimum absolute atomic E-state index is 0.0942. The number of benzene rings is 1. The molecule has 6 heteroatoms. The third kappa shape index (κ3) is 3.19. The molecule has 124 valence electrons. The molecule has 5 nitrogen and oxygen atoms in total. The van der Waals surface area contributed by atoms with E-state index in [0.29, 0.717) is 24.6 Å². The molecule has 0 N–H and O–H groups in total. The fourth-order valence-corrected chi connectivity index (χ4v) is 4.35. The van der Waals surface area contributed by atoms with E-state index in [1.165, 1.54) is 4.31 Å². The van der Waals surface area contributed by atoms with Crippen molar-refractivity contribution in [2.24, 2.45) is 11.8 Å². The molecule has 2 atom stereocenters. The second kappa shape index (κ2) is 6.09. The zero-order chi connectivity index (χ0) is 16.6. The summed E-state index contributed by atoms with van der Waals surface area (Å²) in [6, 6.07) is 6.88. The number of sulfonamides is 1. The summed E-state index contributed by atoms with van der Waals surface area (Å²) in [4.78, 5) is 12.0. The van der Waals surface area contributed by atoms with E-state index < -0.39 is 10.0 Å². The molecule has 0 aromatic heterocycles. The molecule has 0 amide bonds. The van der Waals surface area contributed by atoms with Crippen LogP contribution in [0.2, 0.25) is 0 Å². The van der Waals surface area contributed by atoms with Gasteiger partial charge in [-0.15, -0.1) is 0 Å². The van der Waals surface area contributed by atoms with Crippen LogP contribution in [0.25, 0.3) is 0 Å². The molecule has 1 aliphatic heterocycles. The van der Waals surface area contributed by atoms with E-state index in [1.54, 1.807) is 31.2 Å². The van der Waals surface area contributed by atoms with Crippen LogP contribution < -0.4 is 0 Å². The highest BCUT2D eigenvalue weighted by Gasteiger charge is 2.48. The largest absolute Gasteiger partial charge is 0.466 e. The molecular formula is C17H21NO4S. The quantitative estimate of drug-likeness (QED) is 0.611. The molecule has 0 bridgehead atoms. The van der Waals surface area contributed by atoms with Crippen molar-refractivity contribution in [3.8, 4) is 0 Å². The van der Waals surface area contributed by atoms with E-state index in [1.807, 2.05) is 13.0 Å². The molecular weight excluding hydrogens is 314 g/mol. The highest BCUT2D eigenvalue weighted by molar-refractivity contribution is 7.89. The monoisotopic (exact) mass is 335 g/mol. The smallest absolute Gasteiger partial charge is 0.309 e. The van der Waals surface area contributed by atoms with Crippen molar-refractivity contribution in [3.05, 3.63) is 41.5 Å². The van der Waals surface area contributed by atoms with E-state index in [-0.39, 0.29) is 17.8 Å². The van der Waals surface area contributed by atoms with Gasteiger partial charge in [0.1, 0.15) is 0 Å². The van der Waals surface area contributed by atoms with Crippen molar-refractivity contribution in [1.82, 2.24) is 4.31 Å². The zero-order valence-electron chi connectivity index (χ0n) is 13.4. The molecule has 1 fully saturated rings. The molecule has 1 saturated carbocycles. The highest BCUT2D eigenvalue weighted by Crippen LogP contribution is 2.46. The number of carbonyl (C=O) groups is 1. The van der Waals surface area contributed by atoms with Crippen molar-refractivity contribution in [1.29, 1.82) is 0 Å². The Morgan fingerprint density at radius 3 is 2.65 bits per heavy atom. The Labute approximate surface area is 137 Å². The van der Waals surface area contributed by atoms with Crippen LogP contribution in [0, 0.1) is 18.8 Å². The summed E-state index contributed by atoms with van der Waals surface area (Å²) < 4.78 is 31.8. The Bertz CT molecular complexity index is 736. The van der Waals surface area contributed by atoms with E-state index >= 15 is 0 Å². The standard InChI is InChI=1S/C17H21NO4S/c1-3-22-17(19)16-10-15(16)13-8-9-18(11-13)23(20,21)14-6-4-12(2)5-7-14/h4-8,15-16H,3,9-11H2,1-2H3/t15-,16-/m0/s1. The molecule has 23 heavy (non-hydrogen) atoms. The van der Waals surface area contributed by atoms with Crippen molar-refractivity contribution in [3.63, 3.8) is 0 Å². The molecule has 1 aromatic carbocycles. The maximum atomic E-state index is 12.7. The van der Waals surface area contributed by atoms with Gasteiger partial charge < -0.3 is 4.74 Å². The molecule has 2 aliphatic rings. The second-order valence-corrected chi connectivity index (χ2v) is 8.03. The van der Waals surface area contributed by atoms with Crippen LogP contribution in [-0.2, 0) is 19.6 Å². The van der Waals surface area contributed by atoms with Gasteiger partial charge in [0.05, 0.1) is 17.4 Å². The molecule has 1 aliphatic carbocycles. The lowest BCUT2D eigenvalue weighted by Crippen LogP contribution is -2.29. The summed E-state index contributed by atoms with van der Waals surface area (Å²) in [5.74, 6) is -0.117. The fourth-order valence-electron chi connectivity index (χ4n) is 2.98. The minimum atomic E-state index is -3.48. The Kier molecular flexibility index (Phi) is 4.29. The van der Waals surface area contributed by atoms with Crippen molar-refractivity contribution in [2.45, 2.75) is 25.2 Å². The molecule has 0 unspecified atom stereocenters. The lowest BCUT2D eigenvalue weighted by Gasteiger charge is -2.16. The number of ether oxygens (including phenoxy) is 1. The Morgan fingerprint density at radius 2 is 2.00 bits per heavy atom. The molecule has 1 aromatic rings. The molecule has 0 radical (unpaired) electrons. The van der Waals surface area contributed by atoms with Gasteiger partial charge in [-0.2, -0.15) is 4.31 Å². The SMILES string of the molecule is CCOC(=O)[C@H]1C[C@H]1C1=CCN(S(=O)(=O)c2ccc(C)cc2)C1. The number of esters is 1. The van der Waals surface area contributed by atoms with Crippen LogP contribution in [0.1, 0.15) is 18.9 Å². The van der Waals surface area contributed by atoms with Crippen LogP contribution in [-0.4, -0.2) is 38.4 Å². The van der Waals surface area contributed by atoms with Crippen LogP contribution in [0.5, 0.6) is 0 Å². The first kappa shape index (κ1) is 16.2. The highest BCUT2D eigenvalue weighted by atomic mass is 32.2. The van der Waals surface area contributed by atoms with E-state index in [9.17, 15) is 13.2 Å². The van der Waals surface area contributed by atoms with Crippen molar-refractivity contribution in [2.75, 3.05) is 19.7 Å². The predicted octanol–water partition coefficient (Wildman–Crippen LogP) is 2.12. The predicted molar refractivity (Wildman–Crippen MR) is 86.3 cm³/mol. The van der Waals surface area contributed by atoms with E-state index in [2.05, 4.69) is 0 Å². The third-order valence-electron chi connectivity index (χ3n) is 4.43. The van der Waals surface area contributed by atoms with Gasteiger partial charge >= 0.3 is 5.97 Å². The maximum Gasteiger partial charge on any atom is 0.309 e. The normalized spacial score (nSPS) is 24.3. The topological polar surface area (TPSA) is 63.7 Å². The molecule has 0 spiro atoms. The van der Waals surface area contributed by atoms with Gasteiger partial charge in [-0.05, 0) is 38.3 Å². The van der Waals surface area contributed by atoms with Crippen molar-refractivity contribution >= 4 is 16.0 Å². The first-order chi connectivity index (χ1) is 10.9. The summed E-state index contributed by atoms with van der Waals surface area (Å²) in [5, 5.41) is 0. The third-order valence-corrected chi connectivity index (χ3v) is 6.26. The van der Waals surface area contributed by atoms with Crippen LogP contribution >= 0.6 is 0 Å². The average Bonchev–Trinajstić information content (AvgIpc) is 3.16. The van der Waals surface area contributed by atoms with E-state index in [0.717, 1.165) is 17.6 Å². The number of nitrogens with zero attached hydrogens (tertiary/aromatic N) is 1. The molecule has 3 rings (SSSR count). The van der Waals surface area contributed by atoms with Gasteiger partial charge in [0, 0.05) is 13.1 Å². The average molecular weight is 335 g/mol.